The molecule has 11 heteroatoms. The van der Waals surface area contributed by atoms with Gasteiger partial charge in [-0.2, -0.15) is 18.3 Å². The molecule has 2 aliphatic rings. The van der Waals surface area contributed by atoms with Gasteiger partial charge in [0.25, 0.3) is 5.91 Å². The van der Waals surface area contributed by atoms with E-state index >= 15 is 0 Å². The second-order valence-electron chi connectivity index (χ2n) is 10.6. The number of fused-ring (bicyclic) bond motifs is 1. The van der Waals surface area contributed by atoms with Crippen LogP contribution in [-0.2, 0) is 11.3 Å². The number of hydrogen-bond donors (Lipinski definition) is 3. The quantitative estimate of drug-likeness (QED) is 0.412. The standard InChI is InChI=1S/C26H33ClF3N3O4/c27-21-10-9-19(25(37)32-22(14-34)17-5-1-15(2-6-17)11-23(35)36)20-12-31-33(24(20)21)13-16-3-7-18(8-4-16)26(28,29)30/h9-10,12,15-18,22,34H,1-8,11,13-14H2,(H,32,37)(H,35,36)/t15?,16?,17?,18?,22-/m0/s1. The molecule has 1 atom stereocenters. The van der Waals surface area contributed by atoms with E-state index in [0.29, 0.717) is 40.9 Å². The van der Waals surface area contributed by atoms with Crippen LogP contribution in [0.3, 0.4) is 0 Å². The summed E-state index contributed by atoms with van der Waals surface area (Å²) in [6.45, 7) is 0.203. The number of rotatable bonds is 8. The van der Waals surface area contributed by atoms with Crippen LogP contribution < -0.4 is 5.32 Å². The molecule has 1 heterocycles. The van der Waals surface area contributed by atoms with Crippen LogP contribution >= 0.6 is 11.6 Å². The number of amides is 1. The Kier molecular flexibility index (Phi) is 8.68. The third kappa shape index (κ3) is 6.57. The first kappa shape index (κ1) is 27.7. The van der Waals surface area contributed by atoms with E-state index < -0.39 is 24.1 Å². The number of nitrogens with zero attached hydrogens (tertiary/aromatic N) is 2. The summed E-state index contributed by atoms with van der Waals surface area (Å²) in [6.07, 6.45) is 1.61. The van der Waals surface area contributed by atoms with Crippen LogP contribution in [0.15, 0.2) is 18.3 Å². The second-order valence-corrected chi connectivity index (χ2v) is 11.0. The molecule has 0 bridgehead atoms. The first-order chi connectivity index (χ1) is 17.6. The van der Waals surface area contributed by atoms with E-state index in [9.17, 15) is 27.9 Å². The molecule has 4 rings (SSSR count). The van der Waals surface area contributed by atoms with Gasteiger partial charge in [-0.05, 0) is 81.3 Å². The van der Waals surface area contributed by atoms with Crippen LogP contribution in [-0.4, -0.2) is 50.7 Å². The summed E-state index contributed by atoms with van der Waals surface area (Å²) in [6, 6.07) is 2.77. The Labute approximate surface area is 218 Å². The van der Waals surface area contributed by atoms with Gasteiger partial charge in [-0.3, -0.25) is 14.3 Å². The van der Waals surface area contributed by atoms with E-state index in [4.69, 9.17) is 16.7 Å². The molecule has 1 aromatic carbocycles. The van der Waals surface area contributed by atoms with Gasteiger partial charge in [0.15, 0.2) is 0 Å². The zero-order valence-electron chi connectivity index (χ0n) is 20.5. The number of aliphatic hydroxyl groups is 1. The van der Waals surface area contributed by atoms with Crippen molar-refractivity contribution < 1.29 is 33.0 Å². The topological polar surface area (TPSA) is 104 Å². The number of hydrogen-bond acceptors (Lipinski definition) is 4. The van der Waals surface area contributed by atoms with Crippen LogP contribution in [0.4, 0.5) is 13.2 Å². The summed E-state index contributed by atoms with van der Waals surface area (Å²) in [5, 5.41) is 27.3. The Hall–Kier alpha value is -2.33. The Morgan fingerprint density at radius 2 is 1.73 bits per heavy atom. The molecule has 0 saturated heterocycles. The van der Waals surface area contributed by atoms with Crippen LogP contribution in [0.5, 0.6) is 0 Å². The van der Waals surface area contributed by atoms with Gasteiger partial charge in [0.05, 0.1) is 40.9 Å². The van der Waals surface area contributed by atoms with Gasteiger partial charge in [0, 0.05) is 18.4 Å². The predicted molar refractivity (Wildman–Crippen MR) is 132 cm³/mol. The molecule has 2 fully saturated rings. The molecule has 0 radical (unpaired) electrons. The number of carbonyl (C=O) groups is 2. The SMILES string of the molecule is O=C(O)CC1CCC([C@H](CO)NC(=O)c2ccc(Cl)c3c2cnn3CC2CCC(C(F)(F)F)CC2)CC1. The second kappa shape index (κ2) is 11.6. The van der Waals surface area contributed by atoms with Crippen molar-refractivity contribution in [3.63, 3.8) is 0 Å². The minimum Gasteiger partial charge on any atom is -0.481 e. The molecule has 204 valence electrons. The highest BCUT2D eigenvalue weighted by Crippen LogP contribution is 2.40. The van der Waals surface area contributed by atoms with E-state index in [-0.39, 0.29) is 49.5 Å². The van der Waals surface area contributed by atoms with Gasteiger partial charge in [-0.1, -0.05) is 11.6 Å². The fourth-order valence-electron chi connectivity index (χ4n) is 6.01. The molecule has 0 aliphatic heterocycles. The lowest BCUT2D eigenvalue weighted by Crippen LogP contribution is -2.44. The van der Waals surface area contributed by atoms with Gasteiger partial charge in [0.1, 0.15) is 0 Å². The van der Waals surface area contributed by atoms with Crippen LogP contribution in [0.2, 0.25) is 5.02 Å². The van der Waals surface area contributed by atoms with E-state index in [2.05, 4.69) is 10.4 Å². The molecule has 1 amide bonds. The summed E-state index contributed by atoms with van der Waals surface area (Å²) in [4.78, 5) is 24.2. The van der Waals surface area contributed by atoms with Crippen molar-refractivity contribution in [1.29, 1.82) is 0 Å². The molecular formula is C26H33ClF3N3O4. The number of halogens is 4. The number of aliphatic carboxylic acids is 1. The minimum absolute atomic E-state index is 0.0465. The molecule has 0 unspecified atom stereocenters. The number of carbonyl (C=O) groups excluding carboxylic acids is 1. The highest BCUT2D eigenvalue weighted by atomic mass is 35.5. The number of carboxylic acids is 1. The molecule has 1 aromatic heterocycles. The molecule has 37 heavy (non-hydrogen) atoms. The van der Waals surface area contributed by atoms with Gasteiger partial charge < -0.3 is 15.5 Å². The van der Waals surface area contributed by atoms with Crippen molar-refractivity contribution >= 4 is 34.4 Å². The fourth-order valence-corrected chi connectivity index (χ4v) is 6.28. The Morgan fingerprint density at radius 1 is 1.08 bits per heavy atom. The zero-order chi connectivity index (χ0) is 26.7. The summed E-state index contributed by atoms with van der Waals surface area (Å²) in [7, 11) is 0. The molecule has 2 saturated carbocycles. The normalized spacial score (nSPS) is 25.6. The Balaban J connectivity index is 1.43. The lowest BCUT2D eigenvalue weighted by molar-refractivity contribution is -0.184. The molecule has 2 aliphatic carbocycles. The molecular weight excluding hydrogens is 511 g/mol. The van der Waals surface area contributed by atoms with Gasteiger partial charge in [-0.25, -0.2) is 0 Å². The maximum absolute atomic E-state index is 13.2. The predicted octanol–water partition coefficient (Wildman–Crippen LogP) is 5.43. The summed E-state index contributed by atoms with van der Waals surface area (Å²) in [5.41, 5.74) is 0.937. The van der Waals surface area contributed by atoms with Crippen molar-refractivity contribution in [2.24, 2.45) is 23.7 Å². The average molecular weight is 544 g/mol. The zero-order valence-corrected chi connectivity index (χ0v) is 21.3. The van der Waals surface area contributed by atoms with E-state index in [1.165, 1.54) is 0 Å². The van der Waals surface area contributed by atoms with Crippen LogP contribution in [0.1, 0.15) is 68.1 Å². The van der Waals surface area contributed by atoms with E-state index in [1.54, 1.807) is 23.0 Å². The van der Waals surface area contributed by atoms with Crippen molar-refractivity contribution in [2.45, 2.75) is 76.6 Å². The summed E-state index contributed by atoms with van der Waals surface area (Å²) in [5.74, 6) is -2.20. The largest absolute Gasteiger partial charge is 0.481 e. The third-order valence-corrected chi connectivity index (χ3v) is 8.48. The first-order valence-electron chi connectivity index (χ1n) is 12.9. The highest BCUT2D eigenvalue weighted by molar-refractivity contribution is 6.35. The third-order valence-electron chi connectivity index (χ3n) is 8.17. The fraction of sp³-hybridized carbons (Fsp3) is 0.654. The number of aliphatic hydroxyl groups excluding tert-OH is 1. The lowest BCUT2D eigenvalue weighted by atomic mass is 9.77. The number of aromatic nitrogens is 2. The number of carboxylic acid groups (broad SMARTS) is 1. The maximum atomic E-state index is 13.2. The average Bonchev–Trinajstić information content (AvgIpc) is 3.27. The maximum Gasteiger partial charge on any atom is 0.391 e. The van der Waals surface area contributed by atoms with Crippen molar-refractivity contribution in [3.05, 3.63) is 28.9 Å². The number of benzene rings is 1. The molecule has 7 nitrogen and oxygen atoms in total. The van der Waals surface area contributed by atoms with Gasteiger partial charge >= 0.3 is 12.1 Å². The Bertz CT molecular complexity index is 1110. The van der Waals surface area contributed by atoms with E-state index in [1.807, 2.05) is 0 Å². The van der Waals surface area contributed by atoms with Crippen LogP contribution in [0, 0.1) is 23.7 Å². The smallest absolute Gasteiger partial charge is 0.391 e. The highest BCUT2D eigenvalue weighted by Gasteiger charge is 2.41. The lowest BCUT2D eigenvalue weighted by Gasteiger charge is -2.33. The number of alkyl halides is 3. The minimum atomic E-state index is -4.15. The molecule has 2 aromatic rings. The molecule has 3 N–H and O–H groups in total. The van der Waals surface area contributed by atoms with E-state index in [0.717, 1.165) is 25.7 Å². The van der Waals surface area contributed by atoms with Crippen molar-refractivity contribution in [1.82, 2.24) is 15.1 Å². The first-order valence-corrected chi connectivity index (χ1v) is 13.3. The summed E-state index contributed by atoms with van der Waals surface area (Å²) < 4.78 is 40.7. The number of nitrogens with one attached hydrogen (secondary N) is 1. The monoisotopic (exact) mass is 543 g/mol. The van der Waals surface area contributed by atoms with Gasteiger partial charge in [-0.15, -0.1) is 0 Å². The van der Waals surface area contributed by atoms with Crippen molar-refractivity contribution in [3.8, 4) is 0 Å². The Morgan fingerprint density at radius 3 is 2.32 bits per heavy atom. The van der Waals surface area contributed by atoms with Crippen molar-refractivity contribution in [2.75, 3.05) is 6.61 Å². The molecule has 0 spiro atoms. The van der Waals surface area contributed by atoms with Gasteiger partial charge in [0.2, 0.25) is 0 Å². The summed E-state index contributed by atoms with van der Waals surface area (Å²) >= 11 is 6.46. The van der Waals surface area contributed by atoms with Crippen LogP contribution in [0.25, 0.3) is 10.9 Å².